The van der Waals surface area contributed by atoms with E-state index in [1.165, 1.54) is 0 Å². The van der Waals surface area contributed by atoms with Crippen LogP contribution in [0.25, 0.3) is 0 Å². The Bertz CT molecular complexity index is 642. The molecule has 0 aromatic carbocycles. The molecule has 1 amide bonds. The predicted molar refractivity (Wildman–Crippen MR) is 89.2 cm³/mol. The lowest BCUT2D eigenvalue weighted by atomic mass is 9.96. The fraction of sp³-hybridized carbons (Fsp3) is 0.500. The van der Waals surface area contributed by atoms with Gasteiger partial charge in [-0.2, -0.15) is 0 Å². The first kappa shape index (κ1) is 15.7. The first-order valence-electron chi connectivity index (χ1n) is 8.35. The molecule has 0 bridgehead atoms. The lowest BCUT2D eigenvalue weighted by Crippen LogP contribution is -2.39. The van der Waals surface area contributed by atoms with Gasteiger partial charge in [-0.15, -0.1) is 0 Å². The summed E-state index contributed by atoms with van der Waals surface area (Å²) in [7, 11) is 0. The third kappa shape index (κ3) is 3.60. The topological polar surface area (TPSA) is 51.0 Å². The zero-order valence-corrected chi connectivity index (χ0v) is 13.9. The number of hydrogen-bond acceptors (Lipinski definition) is 3. The smallest absolute Gasteiger partial charge is 0.255 e. The monoisotopic (exact) mass is 312 g/mol. The van der Waals surface area contributed by atoms with Crippen LogP contribution in [-0.2, 0) is 6.54 Å². The second-order valence-corrected chi connectivity index (χ2v) is 6.57. The highest BCUT2D eigenvalue weighted by Gasteiger charge is 2.24. The summed E-state index contributed by atoms with van der Waals surface area (Å²) in [5, 5.41) is 0. The molecule has 0 saturated carbocycles. The number of hydrogen-bond donors (Lipinski definition) is 0. The highest BCUT2D eigenvalue weighted by atomic mass is 16.2. The van der Waals surface area contributed by atoms with Gasteiger partial charge in [0.05, 0.1) is 5.56 Å². The number of imidazole rings is 1. The molecule has 3 heterocycles. The van der Waals surface area contributed by atoms with Crippen molar-refractivity contribution in [1.82, 2.24) is 19.4 Å². The molecular weight excluding hydrogens is 288 g/mol. The van der Waals surface area contributed by atoms with E-state index in [0.717, 1.165) is 38.3 Å². The van der Waals surface area contributed by atoms with Gasteiger partial charge in [0.1, 0.15) is 5.82 Å². The lowest BCUT2D eigenvalue weighted by molar-refractivity contribution is 0.0682. The van der Waals surface area contributed by atoms with Gasteiger partial charge in [-0.1, -0.05) is 13.8 Å². The van der Waals surface area contributed by atoms with Gasteiger partial charge in [0.2, 0.25) is 0 Å². The average Bonchev–Trinajstić information content (AvgIpc) is 3.04. The molecule has 122 valence electrons. The molecule has 0 aliphatic carbocycles. The predicted octanol–water partition coefficient (Wildman–Crippen LogP) is 2.95. The Morgan fingerprint density at radius 1 is 1.30 bits per heavy atom. The minimum Gasteiger partial charge on any atom is -0.339 e. The van der Waals surface area contributed by atoms with Crippen molar-refractivity contribution in [2.24, 2.45) is 5.92 Å². The molecule has 1 fully saturated rings. The molecule has 0 spiro atoms. The molecule has 2 aromatic rings. The number of likely N-dealkylation sites (tertiary alicyclic amines) is 1. The quantitative estimate of drug-likeness (QED) is 0.872. The van der Waals surface area contributed by atoms with Crippen LogP contribution in [-0.4, -0.2) is 38.4 Å². The van der Waals surface area contributed by atoms with E-state index < -0.39 is 0 Å². The third-order valence-corrected chi connectivity index (χ3v) is 4.53. The van der Waals surface area contributed by atoms with Gasteiger partial charge in [0.25, 0.3) is 5.91 Å². The summed E-state index contributed by atoms with van der Waals surface area (Å²) in [6.07, 6.45) is 9.39. The maximum atomic E-state index is 12.4. The van der Waals surface area contributed by atoms with E-state index in [2.05, 4.69) is 34.6 Å². The second kappa shape index (κ2) is 6.94. The fourth-order valence-corrected chi connectivity index (χ4v) is 3.24. The molecule has 23 heavy (non-hydrogen) atoms. The number of aromatic nitrogens is 3. The van der Waals surface area contributed by atoms with Crippen molar-refractivity contribution in [3.8, 4) is 0 Å². The van der Waals surface area contributed by atoms with Crippen LogP contribution in [0, 0.1) is 5.92 Å². The highest BCUT2D eigenvalue weighted by Crippen LogP contribution is 2.22. The molecule has 0 N–H and O–H groups in total. The largest absolute Gasteiger partial charge is 0.339 e. The number of piperidine rings is 1. The van der Waals surface area contributed by atoms with Gasteiger partial charge in [0, 0.05) is 50.3 Å². The summed E-state index contributed by atoms with van der Waals surface area (Å²) in [4.78, 5) is 22.9. The Morgan fingerprint density at radius 2 is 2.09 bits per heavy atom. The zero-order chi connectivity index (χ0) is 16.2. The number of nitrogens with zero attached hydrogens (tertiary/aromatic N) is 4. The third-order valence-electron chi connectivity index (χ3n) is 4.53. The van der Waals surface area contributed by atoms with E-state index in [-0.39, 0.29) is 5.91 Å². The van der Waals surface area contributed by atoms with E-state index in [1.807, 2.05) is 23.2 Å². The van der Waals surface area contributed by atoms with E-state index in [4.69, 9.17) is 0 Å². The first-order valence-corrected chi connectivity index (χ1v) is 8.35. The Kier molecular flexibility index (Phi) is 4.74. The summed E-state index contributed by atoms with van der Waals surface area (Å²) in [6.45, 7) is 7.00. The SMILES string of the molecule is CC(C)c1nccn1CC1CCN(C(=O)c2cccnc2)CC1. The van der Waals surface area contributed by atoms with Crippen LogP contribution >= 0.6 is 0 Å². The van der Waals surface area contributed by atoms with Crippen LogP contribution in [0.5, 0.6) is 0 Å². The van der Waals surface area contributed by atoms with E-state index >= 15 is 0 Å². The van der Waals surface area contributed by atoms with Gasteiger partial charge in [-0.3, -0.25) is 9.78 Å². The summed E-state index contributed by atoms with van der Waals surface area (Å²) in [5.74, 6) is 2.30. The summed E-state index contributed by atoms with van der Waals surface area (Å²) in [5.41, 5.74) is 0.683. The van der Waals surface area contributed by atoms with E-state index in [0.29, 0.717) is 17.4 Å². The number of amides is 1. The highest BCUT2D eigenvalue weighted by molar-refractivity contribution is 5.93. The number of pyridine rings is 1. The first-order chi connectivity index (χ1) is 11.1. The van der Waals surface area contributed by atoms with E-state index in [1.54, 1.807) is 12.4 Å². The Hall–Kier alpha value is -2.17. The van der Waals surface area contributed by atoms with Crippen LogP contribution in [0.3, 0.4) is 0 Å². The van der Waals surface area contributed by atoms with Gasteiger partial charge in [0.15, 0.2) is 0 Å². The van der Waals surface area contributed by atoms with Gasteiger partial charge < -0.3 is 9.47 Å². The van der Waals surface area contributed by atoms with Crippen LogP contribution in [0.1, 0.15) is 48.8 Å². The minimum atomic E-state index is 0.0991. The number of carbonyl (C=O) groups is 1. The molecule has 0 atom stereocenters. The molecule has 5 heteroatoms. The maximum absolute atomic E-state index is 12.4. The summed E-state index contributed by atoms with van der Waals surface area (Å²) in [6, 6.07) is 3.65. The van der Waals surface area contributed by atoms with Crippen molar-refractivity contribution in [3.05, 3.63) is 48.3 Å². The molecule has 1 aliphatic rings. The molecule has 0 radical (unpaired) electrons. The minimum absolute atomic E-state index is 0.0991. The van der Waals surface area contributed by atoms with Gasteiger partial charge >= 0.3 is 0 Å². The van der Waals surface area contributed by atoms with Gasteiger partial charge in [-0.25, -0.2) is 4.98 Å². The second-order valence-electron chi connectivity index (χ2n) is 6.57. The average molecular weight is 312 g/mol. The van der Waals surface area contributed by atoms with Crippen molar-refractivity contribution in [3.63, 3.8) is 0 Å². The molecule has 0 unspecified atom stereocenters. The van der Waals surface area contributed by atoms with Crippen molar-refractivity contribution in [1.29, 1.82) is 0 Å². The van der Waals surface area contributed by atoms with Crippen molar-refractivity contribution in [2.45, 2.75) is 39.2 Å². The van der Waals surface area contributed by atoms with Crippen molar-refractivity contribution >= 4 is 5.91 Å². The van der Waals surface area contributed by atoms with E-state index in [9.17, 15) is 4.79 Å². The lowest BCUT2D eigenvalue weighted by Gasteiger charge is -2.32. The molecule has 1 saturated heterocycles. The van der Waals surface area contributed by atoms with Crippen LogP contribution in [0.2, 0.25) is 0 Å². The van der Waals surface area contributed by atoms with Gasteiger partial charge in [-0.05, 0) is 30.9 Å². The number of carbonyl (C=O) groups excluding carboxylic acids is 1. The standard InChI is InChI=1S/C18H24N4O/c1-14(2)17-20-8-11-22(17)13-15-5-9-21(10-6-15)18(23)16-4-3-7-19-12-16/h3-4,7-8,11-12,14-15H,5-6,9-10,13H2,1-2H3. The normalized spacial score (nSPS) is 16.0. The zero-order valence-electron chi connectivity index (χ0n) is 13.9. The summed E-state index contributed by atoms with van der Waals surface area (Å²) >= 11 is 0. The Morgan fingerprint density at radius 3 is 2.74 bits per heavy atom. The Balaban J connectivity index is 1.56. The molecule has 3 rings (SSSR count). The maximum Gasteiger partial charge on any atom is 0.255 e. The summed E-state index contributed by atoms with van der Waals surface area (Å²) < 4.78 is 2.27. The van der Waals surface area contributed by atoms with Crippen LogP contribution in [0.15, 0.2) is 36.9 Å². The molecule has 1 aliphatic heterocycles. The molecular formula is C18H24N4O. The Labute approximate surface area is 137 Å². The molecule has 5 nitrogen and oxygen atoms in total. The fourth-order valence-electron chi connectivity index (χ4n) is 3.24. The number of rotatable bonds is 4. The van der Waals surface area contributed by atoms with Crippen LogP contribution < -0.4 is 0 Å². The molecule has 2 aromatic heterocycles. The van der Waals surface area contributed by atoms with Crippen molar-refractivity contribution < 1.29 is 4.79 Å². The van der Waals surface area contributed by atoms with Crippen molar-refractivity contribution in [2.75, 3.05) is 13.1 Å². The van der Waals surface area contributed by atoms with Crippen LogP contribution in [0.4, 0.5) is 0 Å².